The molecule has 0 bridgehead atoms. The Bertz CT molecular complexity index is 945. The van der Waals surface area contributed by atoms with Crippen molar-refractivity contribution in [1.29, 1.82) is 0 Å². The minimum Gasteiger partial charge on any atom is -0.366 e. The quantitative estimate of drug-likeness (QED) is 0.582. The average molecular weight is 474 g/mol. The second-order valence-electron chi connectivity index (χ2n) is 5.60. The first-order valence-electron chi connectivity index (χ1n) is 7.46. The molecule has 1 aliphatic rings. The highest BCUT2D eigenvalue weighted by Gasteiger charge is 2.24. The molecule has 130 valence electrons. The van der Waals surface area contributed by atoms with Crippen LogP contribution in [0.3, 0.4) is 0 Å². The van der Waals surface area contributed by atoms with Gasteiger partial charge in [0.1, 0.15) is 18.0 Å². The van der Waals surface area contributed by atoms with Crippen molar-refractivity contribution >= 4 is 53.1 Å². The van der Waals surface area contributed by atoms with E-state index in [9.17, 15) is 9.32 Å². The zero-order valence-electron chi connectivity index (χ0n) is 12.7. The fraction of sp³-hybridized carbons (Fsp3) is 0.286. The summed E-state index contributed by atoms with van der Waals surface area (Å²) in [7, 11) is 1.54. The van der Waals surface area contributed by atoms with Crippen LogP contribution in [0.5, 0.6) is 0 Å². The molecule has 4 rings (SSSR count). The molecule has 0 fully saturated rings. The third-order valence-electron chi connectivity index (χ3n) is 4.15. The lowest BCUT2D eigenvalue weighted by atomic mass is 10.1. The number of imidazole rings is 1. The highest BCUT2D eigenvalue weighted by Crippen LogP contribution is 2.28. The van der Waals surface area contributed by atoms with Crippen LogP contribution in [-0.4, -0.2) is 35.5 Å². The number of aryl methyl sites for hydroxylation is 1. The van der Waals surface area contributed by atoms with E-state index >= 15 is 0 Å². The van der Waals surface area contributed by atoms with Gasteiger partial charge in [-0.2, -0.15) is 0 Å². The molecule has 0 aliphatic carbocycles. The number of aromatic nitrogens is 5. The Kier molecular flexibility index (Phi) is 4.50. The maximum atomic E-state index is 12.1. The minimum atomic E-state index is -1.07. The molecule has 11 heteroatoms. The number of hydrogen-bond donors (Lipinski definition) is 1. The molecule has 0 radical (unpaired) electrons. The molecule has 0 saturated carbocycles. The molecule has 8 nitrogen and oxygen atoms in total. The van der Waals surface area contributed by atoms with Crippen LogP contribution in [0.25, 0.3) is 11.0 Å². The van der Waals surface area contributed by atoms with E-state index in [0.29, 0.717) is 13.0 Å². The summed E-state index contributed by atoms with van der Waals surface area (Å²) in [4.78, 5) is 27.3. The molecular weight excluding hydrogens is 462 g/mol. The Morgan fingerprint density at radius 1 is 1.48 bits per heavy atom. The number of carbonyl (C=O) groups excluding carboxylic acids is 1. The van der Waals surface area contributed by atoms with Crippen LogP contribution in [0.2, 0.25) is 0 Å². The van der Waals surface area contributed by atoms with E-state index in [4.69, 9.17) is 0 Å². The number of fused-ring (bicyclic) bond motifs is 2. The molecule has 4 heterocycles. The van der Waals surface area contributed by atoms with Gasteiger partial charge in [-0.25, -0.2) is 24.7 Å². The van der Waals surface area contributed by atoms with Gasteiger partial charge in [0.15, 0.2) is 11.3 Å². The van der Waals surface area contributed by atoms with Gasteiger partial charge in [-0.15, -0.1) is 0 Å². The highest BCUT2D eigenvalue weighted by atomic mass is 127. The lowest BCUT2D eigenvalue weighted by Gasteiger charge is -2.24. The Balaban J connectivity index is 1.56. The van der Waals surface area contributed by atoms with Crippen molar-refractivity contribution in [1.82, 2.24) is 23.5 Å². The highest BCUT2D eigenvalue weighted by molar-refractivity contribution is 14.2. The fourth-order valence-corrected chi connectivity index (χ4v) is 4.25. The minimum absolute atomic E-state index is 0.0151. The van der Waals surface area contributed by atoms with Gasteiger partial charge in [0, 0.05) is 66.3 Å². The zero-order valence-corrected chi connectivity index (χ0v) is 15.7. The lowest BCUT2D eigenvalue weighted by molar-refractivity contribution is -0.0792. The van der Waals surface area contributed by atoms with Gasteiger partial charge in [-0.05, 0) is 12.5 Å². The van der Waals surface area contributed by atoms with Crippen molar-refractivity contribution in [2.75, 3.05) is 5.32 Å². The van der Waals surface area contributed by atoms with Gasteiger partial charge in [0.05, 0.1) is 5.39 Å². The first kappa shape index (κ1) is 16.6. The van der Waals surface area contributed by atoms with Crippen LogP contribution in [0.4, 0.5) is 10.3 Å². The zero-order chi connectivity index (χ0) is 17.4. The van der Waals surface area contributed by atoms with Crippen molar-refractivity contribution < 1.29 is 14.3 Å². The number of rotatable bonds is 4. The van der Waals surface area contributed by atoms with Gasteiger partial charge in [-0.1, -0.05) is 0 Å². The number of nitrogens with zero attached hydrogens (tertiary/aromatic N) is 5. The summed E-state index contributed by atoms with van der Waals surface area (Å²) in [5, 5.41) is 4.38. The van der Waals surface area contributed by atoms with Crippen LogP contribution in [0, 0.1) is 0 Å². The first-order valence-corrected chi connectivity index (χ1v) is 10.8. The molecule has 0 aromatic carbocycles. The molecule has 0 amide bonds. The maximum Gasteiger partial charge on any atom is 0.399 e. The summed E-state index contributed by atoms with van der Waals surface area (Å²) in [6.07, 6.45) is 6.44. The van der Waals surface area contributed by atoms with Crippen molar-refractivity contribution in [3.8, 4) is 0 Å². The molecule has 1 atom stereocenters. The standard InChI is InChI=1S/C14H12FIN6O2S/c15-24-14(23)10-6-21-3-1-8(5-11(21)20-10)19-12-9-2-4-22(25-16)13(9)18-7-17-12/h2,4,6-8H,1,3,5H2,(H,17,18,19). The summed E-state index contributed by atoms with van der Waals surface area (Å²) in [6.45, 7) is 0.679. The van der Waals surface area contributed by atoms with E-state index in [1.807, 2.05) is 20.8 Å². The Labute approximate surface area is 157 Å². The fourth-order valence-electron chi connectivity index (χ4n) is 2.98. The van der Waals surface area contributed by atoms with E-state index < -0.39 is 5.97 Å². The van der Waals surface area contributed by atoms with Gasteiger partial charge in [0.25, 0.3) is 0 Å². The molecular formula is C14H12FIN6O2S. The summed E-state index contributed by atoms with van der Waals surface area (Å²) in [6, 6.07) is 2.08. The van der Waals surface area contributed by atoms with Crippen LogP contribution in [-0.2, 0) is 17.9 Å². The van der Waals surface area contributed by atoms with E-state index in [-0.39, 0.29) is 11.7 Å². The molecule has 3 aromatic rings. The maximum absolute atomic E-state index is 12.1. The van der Waals surface area contributed by atoms with Gasteiger partial charge in [0.2, 0.25) is 0 Å². The molecule has 1 unspecified atom stereocenters. The van der Waals surface area contributed by atoms with Gasteiger partial charge >= 0.3 is 5.97 Å². The normalized spacial score (nSPS) is 16.6. The topological polar surface area (TPSA) is 86.9 Å². The number of anilines is 1. The molecule has 25 heavy (non-hydrogen) atoms. The molecule has 0 saturated heterocycles. The number of hydrogen-bond acceptors (Lipinski definition) is 7. The summed E-state index contributed by atoms with van der Waals surface area (Å²) >= 11 is 2.20. The predicted octanol–water partition coefficient (Wildman–Crippen LogP) is 2.94. The van der Waals surface area contributed by atoms with Gasteiger partial charge < -0.3 is 9.88 Å². The lowest BCUT2D eigenvalue weighted by Crippen LogP contribution is -2.30. The van der Waals surface area contributed by atoms with Crippen molar-refractivity contribution in [2.45, 2.75) is 25.4 Å². The van der Waals surface area contributed by atoms with Gasteiger partial charge in [-0.3, -0.25) is 3.97 Å². The monoisotopic (exact) mass is 474 g/mol. The van der Waals surface area contributed by atoms with Crippen LogP contribution in [0.15, 0.2) is 24.8 Å². The van der Waals surface area contributed by atoms with E-state index in [2.05, 4.69) is 46.4 Å². The third-order valence-corrected chi connectivity index (χ3v) is 5.87. The van der Waals surface area contributed by atoms with E-state index in [1.54, 1.807) is 0 Å². The smallest absolute Gasteiger partial charge is 0.366 e. The third kappa shape index (κ3) is 3.05. The Morgan fingerprint density at radius 3 is 3.16 bits per heavy atom. The van der Waals surface area contributed by atoms with Crippen molar-refractivity contribution in [3.63, 3.8) is 0 Å². The Hall–Kier alpha value is -1.89. The Morgan fingerprint density at radius 2 is 2.36 bits per heavy atom. The second-order valence-corrected chi connectivity index (χ2v) is 7.32. The number of nitrogens with one attached hydrogen (secondary N) is 1. The molecule has 3 aromatic heterocycles. The first-order chi connectivity index (χ1) is 12.2. The van der Waals surface area contributed by atoms with Crippen molar-refractivity contribution in [3.05, 3.63) is 36.3 Å². The molecule has 1 N–H and O–H groups in total. The average Bonchev–Trinajstić information content (AvgIpc) is 3.25. The SMILES string of the molecule is O=C(OF)c1cn2c(n1)CC(Nc1ncnc3c1ccn3SI)CC2. The summed E-state index contributed by atoms with van der Waals surface area (Å²) in [5.41, 5.74) is 0.834. The largest absolute Gasteiger partial charge is 0.399 e. The predicted molar refractivity (Wildman–Crippen MR) is 99.0 cm³/mol. The van der Waals surface area contributed by atoms with E-state index in [0.717, 1.165) is 29.1 Å². The summed E-state index contributed by atoms with van der Waals surface area (Å²) < 4.78 is 15.9. The van der Waals surface area contributed by atoms with Crippen molar-refractivity contribution in [2.24, 2.45) is 0 Å². The van der Waals surface area contributed by atoms with Crippen LogP contribution in [0.1, 0.15) is 22.7 Å². The molecule has 0 spiro atoms. The summed E-state index contributed by atoms with van der Waals surface area (Å²) in [5.74, 6) is 0.416. The molecule has 1 aliphatic heterocycles. The van der Waals surface area contributed by atoms with Crippen LogP contribution < -0.4 is 5.32 Å². The van der Waals surface area contributed by atoms with Crippen LogP contribution >= 0.6 is 30.3 Å². The number of halogens is 2. The van der Waals surface area contributed by atoms with E-state index in [1.165, 1.54) is 21.6 Å². The second kappa shape index (κ2) is 6.78. The number of carbonyl (C=O) groups is 1.